The van der Waals surface area contributed by atoms with E-state index in [0.717, 1.165) is 21.7 Å². The number of carbonyl (C=O) groups is 1. The Balaban J connectivity index is 3.11. The van der Waals surface area contributed by atoms with Crippen molar-refractivity contribution in [3.05, 3.63) is 15.9 Å². The standard InChI is InChI=1S/C9H14BrN3O2/c1-5-6-7(10)8(11-12(6)2)9(14)13(3)15-4/h5H2,1-4H3. The average Bonchev–Trinajstić information content (AvgIpc) is 2.51. The van der Waals surface area contributed by atoms with Crippen molar-refractivity contribution in [1.29, 1.82) is 0 Å². The van der Waals surface area contributed by atoms with Gasteiger partial charge >= 0.3 is 0 Å². The lowest BCUT2D eigenvalue weighted by molar-refractivity contribution is -0.0761. The highest BCUT2D eigenvalue weighted by molar-refractivity contribution is 9.10. The summed E-state index contributed by atoms with van der Waals surface area (Å²) in [6, 6.07) is 0. The first-order valence-electron chi connectivity index (χ1n) is 4.56. The van der Waals surface area contributed by atoms with Crippen LogP contribution in [-0.2, 0) is 18.3 Å². The summed E-state index contributed by atoms with van der Waals surface area (Å²) < 4.78 is 2.43. The van der Waals surface area contributed by atoms with Gasteiger partial charge in [0.15, 0.2) is 5.69 Å². The van der Waals surface area contributed by atoms with E-state index in [0.29, 0.717) is 5.69 Å². The van der Waals surface area contributed by atoms with Crippen molar-refractivity contribution in [3.63, 3.8) is 0 Å². The molecular formula is C9H14BrN3O2. The molecule has 0 atom stereocenters. The fourth-order valence-electron chi connectivity index (χ4n) is 1.29. The van der Waals surface area contributed by atoms with E-state index in [9.17, 15) is 4.79 Å². The lowest BCUT2D eigenvalue weighted by Gasteiger charge is -2.11. The van der Waals surface area contributed by atoms with Gasteiger partial charge in [-0.1, -0.05) is 6.92 Å². The number of aromatic nitrogens is 2. The van der Waals surface area contributed by atoms with Crippen LogP contribution in [0.15, 0.2) is 4.47 Å². The van der Waals surface area contributed by atoms with Gasteiger partial charge in [0.1, 0.15) is 0 Å². The van der Waals surface area contributed by atoms with Crippen molar-refractivity contribution >= 4 is 21.8 Å². The van der Waals surface area contributed by atoms with Crippen molar-refractivity contribution in [3.8, 4) is 0 Å². The number of nitrogens with zero attached hydrogens (tertiary/aromatic N) is 3. The number of hydrogen-bond acceptors (Lipinski definition) is 3. The molecule has 0 aliphatic rings. The zero-order valence-electron chi connectivity index (χ0n) is 9.24. The minimum atomic E-state index is -0.264. The Kier molecular flexibility index (Phi) is 3.87. The zero-order valence-corrected chi connectivity index (χ0v) is 10.8. The third kappa shape index (κ3) is 2.21. The summed E-state index contributed by atoms with van der Waals surface area (Å²) in [5.74, 6) is -0.264. The molecule has 0 saturated heterocycles. The largest absolute Gasteiger partial charge is 0.298 e. The van der Waals surface area contributed by atoms with Crippen LogP contribution >= 0.6 is 15.9 Å². The first-order valence-corrected chi connectivity index (χ1v) is 5.35. The second kappa shape index (κ2) is 4.76. The van der Waals surface area contributed by atoms with Gasteiger partial charge in [-0.3, -0.25) is 14.3 Å². The molecule has 0 N–H and O–H groups in total. The van der Waals surface area contributed by atoms with Gasteiger partial charge in [-0.15, -0.1) is 0 Å². The molecule has 0 radical (unpaired) electrons. The van der Waals surface area contributed by atoms with Gasteiger partial charge in [0.05, 0.1) is 17.3 Å². The van der Waals surface area contributed by atoms with Crippen molar-refractivity contribution in [2.75, 3.05) is 14.2 Å². The maximum absolute atomic E-state index is 11.8. The molecule has 0 bridgehead atoms. The van der Waals surface area contributed by atoms with Crippen molar-refractivity contribution in [2.45, 2.75) is 13.3 Å². The molecule has 84 valence electrons. The number of rotatable bonds is 3. The van der Waals surface area contributed by atoms with E-state index < -0.39 is 0 Å². The van der Waals surface area contributed by atoms with Gasteiger partial charge in [0.2, 0.25) is 0 Å². The molecule has 0 unspecified atom stereocenters. The normalized spacial score (nSPS) is 10.5. The summed E-state index contributed by atoms with van der Waals surface area (Å²) in [7, 11) is 4.80. The molecule has 1 heterocycles. The first kappa shape index (κ1) is 12.2. The van der Waals surface area contributed by atoms with E-state index in [2.05, 4.69) is 21.0 Å². The van der Waals surface area contributed by atoms with Crippen LogP contribution in [0.2, 0.25) is 0 Å². The molecule has 1 aromatic heterocycles. The summed E-state index contributed by atoms with van der Waals surface area (Å²) in [6.45, 7) is 2.01. The van der Waals surface area contributed by atoms with Gasteiger partial charge < -0.3 is 0 Å². The molecule has 0 aromatic carbocycles. The Morgan fingerprint density at radius 3 is 2.67 bits per heavy atom. The lowest BCUT2D eigenvalue weighted by Crippen LogP contribution is -2.26. The zero-order chi connectivity index (χ0) is 11.6. The van der Waals surface area contributed by atoms with Crippen molar-refractivity contribution in [2.24, 2.45) is 7.05 Å². The van der Waals surface area contributed by atoms with Crippen LogP contribution in [-0.4, -0.2) is 34.9 Å². The van der Waals surface area contributed by atoms with Gasteiger partial charge in [0.25, 0.3) is 5.91 Å². The molecule has 1 rings (SSSR count). The quantitative estimate of drug-likeness (QED) is 0.783. The Morgan fingerprint density at radius 1 is 1.67 bits per heavy atom. The topological polar surface area (TPSA) is 47.4 Å². The number of hydrogen-bond donors (Lipinski definition) is 0. The number of carbonyl (C=O) groups excluding carboxylic acids is 1. The average molecular weight is 276 g/mol. The molecule has 15 heavy (non-hydrogen) atoms. The van der Waals surface area contributed by atoms with E-state index in [4.69, 9.17) is 4.84 Å². The van der Waals surface area contributed by atoms with Crippen LogP contribution in [0.5, 0.6) is 0 Å². The highest BCUT2D eigenvalue weighted by atomic mass is 79.9. The molecule has 0 aliphatic heterocycles. The van der Waals surface area contributed by atoms with E-state index >= 15 is 0 Å². The fraction of sp³-hybridized carbons (Fsp3) is 0.556. The second-order valence-corrected chi connectivity index (χ2v) is 3.86. The molecule has 0 saturated carbocycles. The summed E-state index contributed by atoms with van der Waals surface area (Å²) in [4.78, 5) is 16.6. The number of hydroxylamine groups is 2. The monoisotopic (exact) mass is 275 g/mol. The summed E-state index contributed by atoms with van der Waals surface area (Å²) >= 11 is 3.37. The number of halogens is 1. The van der Waals surface area contributed by atoms with E-state index in [1.54, 1.807) is 11.7 Å². The molecule has 6 heteroatoms. The van der Waals surface area contributed by atoms with Crippen LogP contribution in [0.3, 0.4) is 0 Å². The van der Waals surface area contributed by atoms with Crippen LogP contribution in [0, 0.1) is 0 Å². The van der Waals surface area contributed by atoms with E-state index in [1.807, 2.05) is 14.0 Å². The van der Waals surface area contributed by atoms with Crippen LogP contribution in [0.1, 0.15) is 23.1 Å². The maximum Gasteiger partial charge on any atom is 0.298 e. The summed E-state index contributed by atoms with van der Waals surface area (Å²) in [6.07, 6.45) is 0.814. The van der Waals surface area contributed by atoms with Crippen LogP contribution < -0.4 is 0 Å². The third-order valence-corrected chi connectivity index (χ3v) is 3.03. The van der Waals surface area contributed by atoms with Crippen LogP contribution in [0.4, 0.5) is 0 Å². The first-order chi connectivity index (χ1) is 7.02. The molecule has 0 aliphatic carbocycles. The minimum Gasteiger partial charge on any atom is -0.274 e. The van der Waals surface area contributed by atoms with Gasteiger partial charge in [-0.25, -0.2) is 5.06 Å². The Morgan fingerprint density at radius 2 is 2.27 bits per heavy atom. The van der Waals surface area contributed by atoms with Gasteiger partial charge in [0, 0.05) is 14.1 Å². The van der Waals surface area contributed by atoms with Crippen molar-refractivity contribution < 1.29 is 9.63 Å². The SMILES string of the molecule is CCc1c(Br)c(C(=O)N(C)OC)nn1C. The van der Waals surface area contributed by atoms with Gasteiger partial charge in [-0.2, -0.15) is 5.10 Å². The van der Waals surface area contributed by atoms with E-state index in [1.165, 1.54) is 7.11 Å². The number of aryl methyl sites for hydroxylation is 1. The predicted octanol–water partition coefficient (Wildman–Crippen LogP) is 1.38. The van der Waals surface area contributed by atoms with Crippen LogP contribution in [0.25, 0.3) is 0 Å². The summed E-state index contributed by atoms with van der Waals surface area (Å²) in [5, 5.41) is 5.29. The minimum absolute atomic E-state index is 0.264. The second-order valence-electron chi connectivity index (χ2n) is 3.07. The number of amides is 1. The third-order valence-electron chi connectivity index (χ3n) is 2.20. The molecule has 0 fully saturated rings. The fourth-order valence-corrected chi connectivity index (χ4v) is 2.07. The predicted molar refractivity (Wildman–Crippen MR) is 59.4 cm³/mol. The van der Waals surface area contributed by atoms with Crippen molar-refractivity contribution in [1.82, 2.24) is 14.8 Å². The summed E-state index contributed by atoms with van der Waals surface area (Å²) in [5.41, 5.74) is 1.36. The Labute approximate surface area is 97.1 Å². The molecule has 1 amide bonds. The smallest absolute Gasteiger partial charge is 0.274 e. The highest BCUT2D eigenvalue weighted by Crippen LogP contribution is 2.22. The lowest BCUT2D eigenvalue weighted by atomic mass is 10.3. The molecule has 1 aromatic rings. The molecule has 5 nitrogen and oxygen atoms in total. The Bertz CT molecular complexity index is 376. The molecule has 0 spiro atoms. The van der Waals surface area contributed by atoms with E-state index in [-0.39, 0.29) is 5.91 Å². The molecular weight excluding hydrogens is 262 g/mol. The Hall–Kier alpha value is -0.880. The highest BCUT2D eigenvalue weighted by Gasteiger charge is 2.21. The van der Waals surface area contributed by atoms with Gasteiger partial charge in [-0.05, 0) is 22.4 Å². The maximum atomic E-state index is 11.8.